The Balaban J connectivity index is 0.000000303. The van der Waals surface area contributed by atoms with Gasteiger partial charge in [-0.15, -0.1) is 0 Å². The van der Waals surface area contributed by atoms with Gasteiger partial charge in [0, 0.05) is 22.1 Å². The summed E-state index contributed by atoms with van der Waals surface area (Å²) < 4.78 is 41.3. The van der Waals surface area contributed by atoms with Gasteiger partial charge in [0.2, 0.25) is 5.91 Å². The molecule has 0 bridgehead atoms. The number of carbonyl (C=O) groups is 3. The first-order valence-electron chi connectivity index (χ1n) is 16.3. The van der Waals surface area contributed by atoms with Gasteiger partial charge in [-0.2, -0.15) is 0 Å². The largest absolute Gasteiger partial charge is 0.481 e. The number of amides is 1. The molecule has 286 valence electrons. The van der Waals surface area contributed by atoms with Crippen LogP contribution in [0.25, 0.3) is 22.3 Å². The van der Waals surface area contributed by atoms with Gasteiger partial charge in [0.05, 0.1) is 19.3 Å². The number of halogens is 4. The van der Waals surface area contributed by atoms with Crippen molar-refractivity contribution < 1.29 is 37.8 Å². The zero-order chi connectivity index (χ0) is 38.2. The minimum atomic E-state index is -0.872. The van der Waals surface area contributed by atoms with Crippen LogP contribution in [0.5, 0.6) is 0 Å². The minimum absolute atomic E-state index is 0. The van der Waals surface area contributed by atoms with Gasteiger partial charge in [-0.1, -0.05) is 140 Å². The Morgan fingerprint density at radius 2 is 0.927 bits per heavy atom. The van der Waals surface area contributed by atoms with Crippen molar-refractivity contribution in [1.29, 1.82) is 0 Å². The Bertz CT molecular complexity index is 2120. The van der Waals surface area contributed by atoms with Crippen molar-refractivity contribution in [3.63, 3.8) is 0 Å². The fourth-order valence-electron chi connectivity index (χ4n) is 5.04. The molecule has 6 aromatic rings. The summed E-state index contributed by atoms with van der Waals surface area (Å²) in [4.78, 5) is 32.8. The van der Waals surface area contributed by atoms with E-state index < -0.39 is 11.9 Å². The molecule has 0 heterocycles. The number of carboxylic acid groups (broad SMARTS) is 2. The summed E-state index contributed by atoms with van der Waals surface area (Å²) in [5.74, 6) is -2.70. The van der Waals surface area contributed by atoms with Crippen molar-refractivity contribution in [1.82, 2.24) is 5.32 Å². The molecule has 0 aliphatic heterocycles. The van der Waals surface area contributed by atoms with Gasteiger partial charge >= 0.3 is 11.9 Å². The maximum atomic E-state index is 13.8. The SMILES string of the molecule is C.C.O=C(Cc1ccc(-c2ccccc2F)cc1)NCc1cccc(F)c1.O=C(O)Cc1ccc(-c2ccccc2F)cc1.O=C(O)Cc1ccc(Br)cc1. The predicted molar refractivity (Wildman–Crippen MR) is 216 cm³/mol. The molecule has 0 spiro atoms. The standard InChI is InChI=1S/C21H17F2NO.C14H11FO2.C8H7BrO2.2CH4/c22-18-5-3-4-16(12-18)14-24-21(25)13-15-8-10-17(11-9-15)19-6-1-2-7-20(19)23;15-13-4-2-1-3-12(13)11-7-5-10(6-8-11)9-14(16)17;9-7-3-1-6(2-4-7)5-8(10)11;;/h1-12H,13-14H2,(H,24,25);1-8H,9H2,(H,16,17);1-4H,5H2,(H,10,11);2*1H4. The third-order valence-corrected chi connectivity index (χ3v) is 8.17. The first-order chi connectivity index (χ1) is 25.5. The van der Waals surface area contributed by atoms with E-state index in [9.17, 15) is 27.6 Å². The van der Waals surface area contributed by atoms with E-state index in [0.717, 1.165) is 26.7 Å². The van der Waals surface area contributed by atoms with Crippen molar-refractivity contribution >= 4 is 33.8 Å². The Morgan fingerprint density at radius 1 is 0.509 bits per heavy atom. The van der Waals surface area contributed by atoms with E-state index in [0.29, 0.717) is 22.3 Å². The minimum Gasteiger partial charge on any atom is -0.481 e. The van der Waals surface area contributed by atoms with Crippen LogP contribution in [0, 0.1) is 17.5 Å². The smallest absolute Gasteiger partial charge is 0.307 e. The van der Waals surface area contributed by atoms with Crippen molar-refractivity contribution in [2.75, 3.05) is 0 Å². The molecule has 0 aliphatic carbocycles. The molecule has 0 unspecified atom stereocenters. The van der Waals surface area contributed by atoms with E-state index in [-0.39, 0.29) is 64.0 Å². The quantitative estimate of drug-likeness (QED) is 0.128. The summed E-state index contributed by atoms with van der Waals surface area (Å²) in [6.07, 6.45) is 0.289. The molecule has 0 fully saturated rings. The normalized spacial score (nSPS) is 9.82. The predicted octanol–water partition coefficient (Wildman–Crippen LogP) is 11.0. The van der Waals surface area contributed by atoms with Crippen LogP contribution >= 0.6 is 15.9 Å². The molecule has 6 rings (SSSR count). The summed E-state index contributed by atoms with van der Waals surface area (Å²) in [6.45, 7) is 0.282. The molecule has 0 atom stereocenters. The van der Waals surface area contributed by atoms with Gasteiger partial charge in [0.15, 0.2) is 0 Å². The number of benzene rings is 6. The first-order valence-corrected chi connectivity index (χ1v) is 17.1. The van der Waals surface area contributed by atoms with Gasteiger partial charge in [-0.25, -0.2) is 13.2 Å². The van der Waals surface area contributed by atoms with Crippen molar-refractivity contribution in [2.24, 2.45) is 0 Å². The number of hydrogen-bond donors (Lipinski definition) is 3. The lowest BCUT2D eigenvalue weighted by Gasteiger charge is -2.07. The molecular weight excluding hydrogens is 771 g/mol. The highest BCUT2D eigenvalue weighted by Crippen LogP contribution is 2.24. The van der Waals surface area contributed by atoms with Crippen molar-refractivity contribution in [2.45, 2.75) is 40.7 Å². The van der Waals surface area contributed by atoms with Crippen LogP contribution in [0.1, 0.15) is 37.1 Å². The molecule has 0 radical (unpaired) electrons. The molecule has 6 aromatic carbocycles. The lowest BCUT2D eigenvalue weighted by molar-refractivity contribution is -0.137. The van der Waals surface area contributed by atoms with E-state index in [1.54, 1.807) is 97.1 Å². The van der Waals surface area contributed by atoms with Gasteiger partial charge in [-0.3, -0.25) is 14.4 Å². The van der Waals surface area contributed by atoms with Crippen molar-refractivity contribution in [3.05, 3.63) is 190 Å². The summed E-state index contributed by atoms with van der Waals surface area (Å²) in [7, 11) is 0. The molecule has 1 amide bonds. The van der Waals surface area contributed by atoms with E-state index in [1.165, 1.54) is 24.3 Å². The molecule has 0 saturated carbocycles. The number of nitrogens with one attached hydrogen (secondary N) is 1. The lowest BCUT2D eigenvalue weighted by Crippen LogP contribution is -2.24. The number of aliphatic carboxylic acids is 2. The molecule has 6 nitrogen and oxygen atoms in total. The summed E-state index contributed by atoms with van der Waals surface area (Å²) in [5, 5.41) is 19.8. The molecule has 0 aliphatic rings. The summed E-state index contributed by atoms with van der Waals surface area (Å²) in [5.41, 5.74) is 5.64. The molecular formula is C45H43BrF3NO5. The fourth-order valence-corrected chi connectivity index (χ4v) is 5.31. The Hall–Kier alpha value is -6.00. The van der Waals surface area contributed by atoms with Crippen LogP contribution in [-0.4, -0.2) is 28.1 Å². The Kier molecular flexibility index (Phi) is 18.8. The highest BCUT2D eigenvalue weighted by molar-refractivity contribution is 9.10. The maximum absolute atomic E-state index is 13.8. The Labute approximate surface area is 328 Å². The number of carboxylic acids is 2. The van der Waals surface area contributed by atoms with Crippen LogP contribution in [0.3, 0.4) is 0 Å². The highest BCUT2D eigenvalue weighted by Gasteiger charge is 2.08. The van der Waals surface area contributed by atoms with Gasteiger partial charge in [0.25, 0.3) is 0 Å². The molecule has 55 heavy (non-hydrogen) atoms. The average molecular weight is 815 g/mol. The topological polar surface area (TPSA) is 104 Å². The van der Waals surface area contributed by atoms with E-state index in [1.807, 2.05) is 24.3 Å². The van der Waals surface area contributed by atoms with E-state index >= 15 is 0 Å². The zero-order valence-electron chi connectivity index (χ0n) is 28.3. The van der Waals surface area contributed by atoms with Crippen LogP contribution in [0.4, 0.5) is 13.2 Å². The highest BCUT2D eigenvalue weighted by atomic mass is 79.9. The third-order valence-electron chi connectivity index (χ3n) is 7.64. The monoisotopic (exact) mass is 813 g/mol. The molecule has 0 saturated heterocycles. The van der Waals surface area contributed by atoms with Crippen LogP contribution in [-0.2, 0) is 40.2 Å². The fraction of sp³-hybridized carbons (Fsp3) is 0.133. The molecule has 10 heteroatoms. The molecule has 3 N–H and O–H groups in total. The zero-order valence-corrected chi connectivity index (χ0v) is 29.9. The second kappa shape index (κ2) is 22.9. The van der Waals surface area contributed by atoms with Crippen LogP contribution < -0.4 is 5.32 Å². The van der Waals surface area contributed by atoms with Crippen LogP contribution in [0.15, 0.2) is 150 Å². The van der Waals surface area contributed by atoms with Crippen molar-refractivity contribution in [3.8, 4) is 22.3 Å². The number of rotatable bonds is 10. The van der Waals surface area contributed by atoms with E-state index in [2.05, 4.69) is 21.2 Å². The number of hydrogen-bond acceptors (Lipinski definition) is 3. The van der Waals surface area contributed by atoms with Gasteiger partial charge in [0.1, 0.15) is 17.5 Å². The third kappa shape index (κ3) is 15.5. The average Bonchev–Trinajstić information content (AvgIpc) is 3.13. The van der Waals surface area contributed by atoms with E-state index in [4.69, 9.17) is 10.2 Å². The maximum Gasteiger partial charge on any atom is 0.307 e. The summed E-state index contributed by atoms with van der Waals surface area (Å²) >= 11 is 3.26. The first kappa shape index (κ1) is 45.2. The number of carbonyl (C=O) groups excluding carboxylic acids is 1. The lowest BCUT2D eigenvalue weighted by atomic mass is 10.0. The van der Waals surface area contributed by atoms with Crippen LogP contribution in [0.2, 0.25) is 0 Å². The second-order valence-electron chi connectivity index (χ2n) is 11.7. The molecule has 0 aromatic heterocycles. The Morgan fingerprint density at radius 3 is 1.35 bits per heavy atom. The van der Waals surface area contributed by atoms with Gasteiger partial charge in [-0.05, 0) is 69.8 Å². The van der Waals surface area contributed by atoms with Gasteiger partial charge < -0.3 is 15.5 Å². The second-order valence-corrected chi connectivity index (χ2v) is 12.6. The summed E-state index contributed by atoms with van der Waals surface area (Å²) in [6, 6.07) is 40.5.